The van der Waals surface area contributed by atoms with E-state index in [2.05, 4.69) is 130 Å². The van der Waals surface area contributed by atoms with Crippen LogP contribution in [0.3, 0.4) is 0 Å². The summed E-state index contributed by atoms with van der Waals surface area (Å²) in [4.78, 5) is 5.57. The number of hydrogen-bond acceptors (Lipinski definition) is 6. The van der Waals surface area contributed by atoms with Gasteiger partial charge in [-0.25, -0.2) is 0 Å². The first-order valence-corrected chi connectivity index (χ1v) is 31.3. The Kier molecular flexibility index (Phi) is 20.5. The van der Waals surface area contributed by atoms with Crippen LogP contribution >= 0.6 is 34.4 Å². The van der Waals surface area contributed by atoms with Crippen molar-refractivity contribution in [3.05, 3.63) is 87.8 Å². The van der Waals surface area contributed by atoms with Crippen LogP contribution in [0.2, 0.25) is 0 Å². The highest BCUT2D eigenvalue weighted by molar-refractivity contribution is 7.19. The van der Waals surface area contributed by atoms with Gasteiger partial charge in [0.15, 0.2) is 0 Å². The Labute approximate surface area is 444 Å². The Hall–Kier alpha value is -3.32. The summed E-state index contributed by atoms with van der Waals surface area (Å²) in [6.45, 7) is 23.5. The third kappa shape index (κ3) is 13.3. The Bertz CT molecular complexity index is 2560. The lowest BCUT2D eigenvalue weighted by molar-refractivity contribution is 0.0384. The Morgan fingerprint density at radius 3 is 1.55 bits per heavy atom. The molecule has 3 aromatic heterocycles. The molecule has 0 saturated carbocycles. The summed E-state index contributed by atoms with van der Waals surface area (Å²) >= 11 is 5.32. The number of benzene rings is 3. The standard InChI is InChI=1S/C65H92N2OS3/c1-11-17-21-25-27-31-41-65(42-32-28-26-22-18-12-2)55-43-48(35-37-51(55)52-38-36-50(46-56(52)68-65)64(10,15-5)16-6)61-47(33-29-23-19-13-3)44-57(69-61)53-39-40-54(60-59(53)66-71-67-60)58-45-49(34-30-24-20-14-4)62(70-58)63(7,8)9/h35-40,43-46H,11-34,41-42H2,1-10H3. The zero-order chi connectivity index (χ0) is 50.4. The highest BCUT2D eigenvalue weighted by atomic mass is 32.1. The number of aryl methyl sites for hydroxylation is 2. The number of fused-ring (bicyclic) bond motifs is 4. The molecule has 4 heterocycles. The minimum Gasteiger partial charge on any atom is -0.482 e. The van der Waals surface area contributed by atoms with Crippen LogP contribution in [0.25, 0.3) is 53.5 Å². The number of ether oxygens (including phenoxy) is 1. The maximum absolute atomic E-state index is 7.75. The highest BCUT2D eigenvalue weighted by Crippen LogP contribution is 2.53. The number of aromatic nitrogens is 2. The fourth-order valence-corrected chi connectivity index (χ4v) is 14.5. The van der Waals surface area contributed by atoms with Gasteiger partial charge in [-0.1, -0.05) is 208 Å². The van der Waals surface area contributed by atoms with Gasteiger partial charge in [0.05, 0.1) is 11.7 Å². The lowest BCUT2D eigenvalue weighted by atomic mass is 9.74. The molecule has 1 aliphatic heterocycles. The van der Waals surface area contributed by atoms with Crippen LogP contribution < -0.4 is 4.74 Å². The average Bonchev–Trinajstić information content (AvgIpc) is 4.15. The van der Waals surface area contributed by atoms with Crippen molar-refractivity contribution >= 4 is 45.4 Å². The van der Waals surface area contributed by atoms with Crippen molar-refractivity contribution in [2.45, 2.75) is 253 Å². The van der Waals surface area contributed by atoms with Crippen molar-refractivity contribution in [1.29, 1.82) is 0 Å². The van der Waals surface area contributed by atoms with Crippen LogP contribution in [0.5, 0.6) is 5.75 Å². The minimum atomic E-state index is -0.360. The van der Waals surface area contributed by atoms with Gasteiger partial charge in [0.2, 0.25) is 0 Å². The van der Waals surface area contributed by atoms with Gasteiger partial charge in [-0.3, -0.25) is 0 Å². The number of hydrogen-bond donors (Lipinski definition) is 0. The molecule has 6 aromatic rings. The lowest BCUT2D eigenvalue weighted by Gasteiger charge is -2.42. The molecular weight excluding hydrogens is 921 g/mol. The fourth-order valence-electron chi connectivity index (χ4n) is 11.4. The predicted molar refractivity (Wildman–Crippen MR) is 316 cm³/mol. The molecule has 0 amide bonds. The van der Waals surface area contributed by atoms with Gasteiger partial charge in [-0.2, -0.15) is 8.75 Å². The summed E-state index contributed by atoms with van der Waals surface area (Å²) in [5, 5.41) is 0. The zero-order valence-electron chi connectivity index (χ0n) is 46.2. The maximum atomic E-state index is 7.75. The quantitative estimate of drug-likeness (QED) is 0.0422. The predicted octanol–water partition coefficient (Wildman–Crippen LogP) is 22.2. The van der Waals surface area contributed by atoms with Gasteiger partial charge in [0, 0.05) is 41.8 Å². The monoisotopic (exact) mass is 1010 g/mol. The van der Waals surface area contributed by atoms with Crippen molar-refractivity contribution in [1.82, 2.24) is 8.75 Å². The molecule has 7 rings (SSSR count). The van der Waals surface area contributed by atoms with E-state index in [1.54, 1.807) is 0 Å². The molecule has 71 heavy (non-hydrogen) atoms. The van der Waals surface area contributed by atoms with E-state index >= 15 is 0 Å². The van der Waals surface area contributed by atoms with Gasteiger partial charge in [0.1, 0.15) is 22.4 Å². The second-order valence-corrected chi connectivity index (χ2v) is 25.4. The first-order chi connectivity index (χ1) is 34.4. The van der Waals surface area contributed by atoms with Crippen LogP contribution in [-0.4, -0.2) is 8.75 Å². The van der Waals surface area contributed by atoms with Crippen LogP contribution in [-0.2, 0) is 29.3 Å². The molecule has 386 valence electrons. The van der Waals surface area contributed by atoms with Crippen LogP contribution in [0, 0.1) is 0 Å². The summed E-state index contributed by atoms with van der Waals surface area (Å²) < 4.78 is 17.9. The molecule has 0 N–H and O–H groups in total. The number of nitrogens with zero attached hydrogens (tertiary/aromatic N) is 2. The van der Waals surface area contributed by atoms with Gasteiger partial charge >= 0.3 is 0 Å². The summed E-state index contributed by atoms with van der Waals surface area (Å²) in [5.74, 6) is 1.10. The minimum absolute atomic E-state index is 0.104. The zero-order valence-corrected chi connectivity index (χ0v) is 48.6. The molecule has 0 bridgehead atoms. The maximum Gasteiger partial charge on any atom is 0.135 e. The van der Waals surface area contributed by atoms with E-state index in [9.17, 15) is 0 Å². The lowest BCUT2D eigenvalue weighted by Crippen LogP contribution is -2.36. The van der Waals surface area contributed by atoms with E-state index in [0.29, 0.717) is 0 Å². The van der Waals surface area contributed by atoms with Crippen molar-refractivity contribution in [2.24, 2.45) is 0 Å². The third-order valence-corrected chi connectivity index (χ3v) is 19.7. The average molecular weight is 1010 g/mol. The first-order valence-electron chi connectivity index (χ1n) is 28.9. The van der Waals surface area contributed by atoms with E-state index in [0.717, 1.165) is 55.3 Å². The van der Waals surface area contributed by atoms with Crippen molar-refractivity contribution < 1.29 is 4.74 Å². The number of thiophene rings is 2. The van der Waals surface area contributed by atoms with Gasteiger partial charge in [0.25, 0.3) is 0 Å². The molecule has 0 saturated heterocycles. The van der Waals surface area contributed by atoms with Crippen molar-refractivity contribution in [3.63, 3.8) is 0 Å². The molecular formula is C65H92N2OS3. The molecule has 0 fully saturated rings. The number of unbranched alkanes of at least 4 members (excludes halogenated alkanes) is 16. The van der Waals surface area contributed by atoms with Crippen LogP contribution in [0.15, 0.2) is 60.7 Å². The van der Waals surface area contributed by atoms with E-state index < -0.39 is 0 Å². The van der Waals surface area contributed by atoms with Gasteiger partial charge in [-0.05, 0) is 127 Å². The topological polar surface area (TPSA) is 35.0 Å². The molecule has 6 heteroatoms. The molecule has 0 spiro atoms. The van der Waals surface area contributed by atoms with Crippen molar-refractivity contribution in [2.75, 3.05) is 0 Å². The normalized spacial score (nSPS) is 13.5. The largest absolute Gasteiger partial charge is 0.482 e. The van der Waals surface area contributed by atoms with Crippen molar-refractivity contribution in [3.8, 4) is 48.2 Å². The number of rotatable bonds is 30. The van der Waals surface area contributed by atoms with Gasteiger partial charge in [-0.15, -0.1) is 22.7 Å². The summed E-state index contributed by atoms with van der Waals surface area (Å²) in [7, 11) is 0. The molecule has 1 aliphatic rings. The van der Waals surface area contributed by atoms with E-state index in [4.69, 9.17) is 13.5 Å². The fraction of sp³-hybridized carbons (Fsp3) is 0.600. The molecule has 0 unspecified atom stereocenters. The van der Waals surface area contributed by atoms with E-state index in [-0.39, 0.29) is 16.4 Å². The molecule has 3 nitrogen and oxygen atoms in total. The third-order valence-electron chi connectivity index (χ3n) is 16.3. The second-order valence-electron chi connectivity index (χ2n) is 22.8. The molecule has 3 aromatic carbocycles. The Balaban J connectivity index is 1.33. The summed E-state index contributed by atoms with van der Waals surface area (Å²) in [6.07, 6.45) is 32.2. The Morgan fingerprint density at radius 2 is 0.986 bits per heavy atom. The SMILES string of the molecule is CCCCCCCCC1(CCCCCCCC)Oc2cc(C(C)(CC)CC)ccc2-c2ccc(-c3sc(-c4ccc(-c5cc(CCCCCC)c(C(C)(C)C)s5)c5nsnc45)cc3CCCCCC)cc21. The molecule has 0 aliphatic carbocycles. The van der Waals surface area contributed by atoms with E-state index in [1.165, 1.54) is 210 Å². The first kappa shape index (κ1) is 55.4. The molecule has 0 radical (unpaired) electrons. The van der Waals surface area contributed by atoms with Crippen LogP contribution in [0.4, 0.5) is 0 Å². The highest BCUT2D eigenvalue weighted by Gasteiger charge is 2.41. The summed E-state index contributed by atoms with van der Waals surface area (Å²) in [5.41, 5.74) is 14.2. The summed E-state index contributed by atoms with van der Waals surface area (Å²) in [6, 6.07) is 24.6. The van der Waals surface area contributed by atoms with Gasteiger partial charge < -0.3 is 4.74 Å². The smallest absolute Gasteiger partial charge is 0.135 e. The van der Waals surface area contributed by atoms with Crippen LogP contribution in [0.1, 0.15) is 250 Å². The molecule has 0 atom stereocenters. The second kappa shape index (κ2) is 26.3. The Morgan fingerprint density at radius 1 is 0.493 bits per heavy atom. The van der Waals surface area contributed by atoms with E-state index in [1.807, 2.05) is 22.7 Å².